The number of sulfonamides is 1. The molecular formula is C21H25Cl2NO4S. The molecule has 3 saturated carbocycles. The van der Waals surface area contributed by atoms with E-state index in [0.29, 0.717) is 29.3 Å². The number of benzene rings is 1. The Labute approximate surface area is 181 Å². The van der Waals surface area contributed by atoms with Crippen molar-refractivity contribution in [3.8, 4) is 0 Å². The number of hydrogen-bond acceptors (Lipinski definition) is 3. The van der Waals surface area contributed by atoms with Crippen LogP contribution in [0.2, 0.25) is 10.0 Å². The second-order valence-electron chi connectivity index (χ2n) is 7.79. The molecule has 3 aliphatic rings. The van der Waals surface area contributed by atoms with Crippen LogP contribution in [-0.2, 0) is 14.8 Å². The molecule has 0 aliphatic heterocycles. The summed E-state index contributed by atoms with van der Waals surface area (Å²) in [6.45, 7) is 0.381. The van der Waals surface area contributed by atoms with E-state index >= 15 is 0 Å². The van der Waals surface area contributed by atoms with Crippen LogP contribution >= 0.6 is 23.2 Å². The summed E-state index contributed by atoms with van der Waals surface area (Å²) in [5, 5.41) is 9.16. The average Bonchev–Trinajstić information content (AvgIpc) is 2.67. The quantitative estimate of drug-likeness (QED) is 0.428. The van der Waals surface area contributed by atoms with E-state index in [1.807, 2.05) is 6.08 Å². The Morgan fingerprint density at radius 3 is 2.38 bits per heavy atom. The predicted molar refractivity (Wildman–Crippen MR) is 115 cm³/mol. The fourth-order valence-electron chi connectivity index (χ4n) is 4.81. The Morgan fingerprint density at radius 2 is 1.76 bits per heavy atom. The number of allylic oxidation sites excluding steroid dienone is 3. The number of fused-ring (bicyclic) bond motifs is 3. The van der Waals surface area contributed by atoms with Crippen molar-refractivity contribution in [1.82, 2.24) is 4.72 Å². The SMILES string of the molecule is O=C(O)/C=C/C=CCC1C2CCC(CC2)C1CNS(=O)(=O)c1ccc(Cl)cc1Cl. The first-order valence-corrected chi connectivity index (χ1v) is 12.0. The lowest BCUT2D eigenvalue weighted by Gasteiger charge is -2.48. The summed E-state index contributed by atoms with van der Waals surface area (Å²) in [5.74, 6) is 0.773. The number of nitrogens with one attached hydrogen (secondary N) is 1. The van der Waals surface area contributed by atoms with E-state index in [4.69, 9.17) is 28.3 Å². The van der Waals surface area contributed by atoms with Crippen LogP contribution in [0.15, 0.2) is 47.4 Å². The molecule has 0 spiro atoms. The van der Waals surface area contributed by atoms with Gasteiger partial charge in [-0.2, -0.15) is 0 Å². The van der Waals surface area contributed by atoms with Gasteiger partial charge < -0.3 is 5.11 Å². The first-order valence-electron chi connectivity index (χ1n) is 9.79. The second-order valence-corrected chi connectivity index (χ2v) is 10.4. The zero-order valence-electron chi connectivity index (χ0n) is 15.9. The lowest BCUT2D eigenvalue weighted by molar-refractivity contribution is -0.131. The standard InChI is InChI=1S/C21H25Cl2NO4S/c22-16-10-11-20(19(23)12-16)29(27,28)24-13-18-15-8-6-14(7-9-15)17(18)4-2-1-3-5-21(25)26/h1-3,5,10-12,14-15,17-18,24H,4,6-9,13H2,(H,25,26)/b2-1?,5-3+. The molecule has 0 amide bonds. The fraction of sp³-hybridized carbons (Fsp3) is 0.476. The highest BCUT2D eigenvalue weighted by Crippen LogP contribution is 2.50. The van der Waals surface area contributed by atoms with E-state index in [9.17, 15) is 13.2 Å². The minimum Gasteiger partial charge on any atom is -0.478 e. The first kappa shape index (κ1) is 22.3. The fourth-order valence-corrected chi connectivity index (χ4v) is 6.66. The van der Waals surface area contributed by atoms with E-state index < -0.39 is 16.0 Å². The Bertz CT molecular complexity index is 905. The number of carbonyl (C=O) groups is 1. The predicted octanol–water partition coefficient (Wildman–Crippen LogP) is 4.91. The van der Waals surface area contributed by atoms with Crippen LogP contribution < -0.4 is 4.72 Å². The molecular weight excluding hydrogens is 433 g/mol. The largest absolute Gasteiger partial charge is 0.478 e. The van der Waals surface area contributed by atoms with Gasteiger partial charge in [-0.05, 0) is 74.0 Å². The summed E-state index contributed by atoms with van der Waals surface area (Å²) in [6.07, 6.45) is 11.8. The molecule has 0 radical (unpaired) electrons. The highest BCUT2D eigenvalue weighted by Gasteiger charge is 2.43. The molecule has 0 heterocycles. The van der Waals surface area contributed by atoms with Crippen LogP contribution in [0.3, 0.4) is 0 Å². The van der Waals surface area contributed by atoms with Gasteiger partial charge in [0.2, 0.25) is 10.0 Å². The second kappa shape index (κ2) is 9.65. The van der Waals surface area contributed by atoms with Crippen LogP contribution in [0, 0.1) is 23.7 Å². The van der Waals surface area contributed by atoms with Gasteiger partial charge in [0, 0.05) is 17.6 Å². The van der Waals surface area contributed by atoms with Gasteiger partial charge in [-0.1, -0.05) is 41.4 Å². The van der Waals surface area contributed by atoms with Gasteiger partial charge in [-0.25, -0.2) is 17.9 Å². The van der Waals surface area contributed by atoms with E-state index in [-0.39, 0.29) is 15.8 Å². The maximum atomic E-state index is 12.8. The third-order valence-electron chi connectivity index (χ3n) is 6.16. The molecule has 0 aromatic heterocycles. The molecule has 29 heavy (non-hydrogen) atoms. The van der Waals surface area contributed by atoms with Gasteiger partial charge in [-0.15, -0.1) is 0 Å². The number of hydrogen-bond donors (Lipinski definition) is 2. The van der Waals surface area contributed by atoms with Crippen molar-refractivity contribution >= 4 is 39.2 Å². The smallest absolute Gasteiger partial charge is 0.328 e. The average molecular weight is 458 g/mol. The summed E-state index contributed by atoms with van der Waals surface area (Å²) in [5.41, 5.74) is 0. The van der Waals surface area contributed by atoms with E-state index in [1.54, 1.807) is 6.08 Å². The van der Waals surface area contributed by atoms with Crippen molar-refractivity contribution in [1.29, 1.82) is 0 Å². The maximum Gasteiger partial charge on any atom is 0.328 e. The van der Waals surface area contributed by atoms with E-state index in [2.05, 4.69) is 4.72 Å². The Kier molecular flexibility index (Phi) is 7.43. The number of carboxylic acid groups (broad SMARTS) is 1. The van der Waals surface area contributed by atoms with Crippen LogP contribution in [0.25, 0.3) is 0 Å². The van der Waals surface area contributed by atoms with Gasteiger partial charge in [0.15, 0.2) is 0 Å². The molecule has 0 saturated heterocycles. The van der Waals surface area contributed by atoms with E-state index in [1.165, 1.54) is 37.1 Å². The third-order valence-corrected chi connectivity index (χ3v) is 8.31. The maximum absolute atomic E-state index is 12.8. The topological polar surface area (TPSA) is 83.5 Å². The normalized spacial score (nSPS) is 27.1. The molecule has 8 heteroatoms. The summed E-state index contributed by atoms with van der Waals surface area (Å²) in [4.78, 5) is 10.6. The molecule has 1 aromatic rings. The Hall–Kier alpha value is -1.34. The minimum atomic E-state index is -3.72. The number of halogens is 2. The molecule has 2 atom stereocenters. The third kappa shape index (κ3) is 5.63. The van der Waals surface area contributed by atoms with Crippen LogP contribution in [-0.4, -0.2) is 26.0 Å². The molecule has 2 N–H and O–H groups in total. The van der Waals surface area contributed by atoms with Crippen molar-refractivity contribution < 1.29 is 18.3 Å². The molecule has 3 fully saturated rings. The number of rotatable bonds is 8. The van der Waals surface area contributed by atoms with Crippen LogP contribution in [0.1, 0.15) is 32.1 Å². The van der Waals surface area contributed by atoms with Gasteiger partial charge in [-0.3, -0.25) is 0 Å². The van der Waals surface area contributed by atoms with Gasteiger partial charge in [0.1, 0.15) is 4.90 Å². The molecule has 5 nitrogen and oxygen atoms in total. The lowest BCUT2D eigenvalue weighted by atomic mass is 9.58. The Balaban J connectivity index is 1.69. The molecule has 2 unspecified atom stereocenters. The summed E-state index contributed by atoms with van der Waals surface area (Å²) in [6, 6.07) is 4.37. The molecule has 3 aliphatic carbocycles. The molecule has 158 valence electrons. The Morgan fingerprint density at radius 1 is 1.10 bits per heavy atom. The van der Waals surface area contributed by atoms with Crippen LogP contribution in [0.5, 0.6) is 0 Å². The van der Waals surface area contributed by atoms with Gasteiger partial charge in [0.25, 0.3) is 0 Å². The lowest BCUT2D eigenvalue weighted by Crippen LogP contribution is -2.45. The summed E-state index contributed by atoms with van der Waals surface area (Å²) < 4.78 is 28.3. The molecule has 4 rings (SSSR count). The van der Waals surface area contributed by atoms with Crippen molar-refractivity contribution in [2.45, 2.75) is 37.0 Å². The zero-order valence-corrected chi connectivity index (χ0v) is 18.3. The highest BCUT2D eigenvalue weighted by atomic mass is 35.5. The first-order chi connectivity index (χ1) is 13.8. The number of aliphatic carboxylic acids is 1. The van der Waals surface area contributed by atoms with Crippen molar-refractivity contribution in [2.24, 2.45) is 23.7 Å². The summed E-state index contributed by atoms with van der Waals surface area (Å²) >= 11 is 12.0. The number of carboxylic acids is 1. The van der Waals surface area contributed by atoms with E-state index in [0.717, 1.165) is 25.3 Å². The van der Waals surface area contributed by atoms with Gasteiger partial charge in [0.05, 0.1) is 5.02 Å². The van der Waals surface area contributed by atoms with Crippen LogP contribution in [0.4, 0.5) is 0 Å². The highest BCUT2D eigenvalue weighted by molar-refractivity contribution is 7.89. The van der Waals surface area contributed by atoms with Crippen molar-refractivity contribution in [3.05, 3.63) is 52.5 Å². The monoisotopic (exact) mass is 457 g/mol. The molecule has 2 bridgehead atoms. The van der Waals surface area contributed by atoms with Crippen molar-refractivity contribution in [3.63, 3.8) is 0 Å². The van der Waals surface area contributed by atoms with Crippen molar-refractivity contribution in [2.75, 3.05) is 6.54 Å². The molecule has 1 aromatic carbocycles. The summed E-state index contributed by atoms with van der Waals surface area (Å²) in [7, 11) is -3.72. The van der Waals surface area contributed by atoms with Gasteiger partial charge >= 0.3 is 5.97 Å². The zero-order chi connectivity index (χ0) is 21.0. The minimum absolute atomic E-state index is 0.0415.